The number of rotatable bonds is 5. The number of furan rings is 1. The molecule has 0 N–H and O–H groups in total. The van der Waals surface area contributed by atoms with Crippen LogP contribution in [0.2, 0.25) is 0 Å². The first-order valence-corrected chi connectivity index (χ1v) is 11.9. The summed E-state index contributed by atoms with van der Waals surface area (Å²) in [5.74, 6) is -0.288. The van der Waals surface area contributed by atoms with Gasteiger partial charge in [0.05, 0.1) is 9.88 Å². The van der Waals surface area contributed by atoms with Crippen molar-refractivity contribution in [2.24, 2.45) is 0 Å². The molecule has 1 fully saturated rings. The second kappa shape index (κ2) is 8.90. The van der Waals surface area contributed by atoms with Crippen LogP contribution >= 0.6 is 11.3 Å². The number of aryl methyl sites for hydroxylation is 1. The summed E-state index contributed by atoms with van der Waals surface area (Å²) in [5, 5.41) is 1.66. The van der Waals surface area contributed by atoms with Crippen molar-refractivity contribution in [1.82, 2.24) is 9.88 Å². The van der Waals surface area contributed by atoms with E-state index in [1.807, 2.05) is 31.2 Å². The zero-order chi connectivity index (χ0) is 22.9. The summed E-state index contributed by atoms with van der Waals surface area (Å²) in [4.78, 5) is 33.7. The van der Waals surface area contributed by atoms with Crippen molar-refractivity contribution in [1.29, 1.82) is 0 Å². The average Bonchev–Trinajstić information content (AvgIpc) is 3.43. The Bertz CT molecular complexity index is 1290. The molecule has 2 aromatic heterocycles. The van der Waals surface area contributed by atoms with Crippen LogP contribution in [-0.4, -0.2) is 34.2 Å². The van der Waals surface area contributed by atoms with Crippen molar-refractivity contribution < 1.29 is 18.4 Å². The minimum atomic E-state index is -0.326. The standard InChI is InChI=1S/C26H23FN2O3S/c1-16-28-24(25(33-16)17-9-11-19(27)12-10-17)26(31)29-13-5-4-7-20(29)15-21(30)23-14-18-6-2-3-8-22(18)32-23/h2-3,6,8-12,14,20H,4-5,7,13,15H2,1H3. The van der Waals surface area contributed by atoms with E-state index in [1.54, 1.807) is 23.1 Å². The number of aromatic nitrogens is 1. The van der Waals surface area contributed by atoms with Crippen molar-refractivity contribution in [3.63, 3.8) is 0 Å². The molecule has 1 saturated heterocycles. The predicted molar refractivity (Wildman–Crippen MR) is 126 cm³/mol. The highest BCUT2D eigenvalue weighted by atomic mass is 32.1. The van der Waals surface area contributed by atoms with Gasteiger partial charge in [-0.25, -0.2) is 9.37 Å². The van der Waals surface area contributed by atoms with Crippen LogP contribution in [0, 0.1) is 12.7 Å². The van der Waals surface area contributed by atoms with E-state index < -0.39 is 0 Å². The number of benzene rings is 2. The van der Waals surface area contributed by atoms with Crippen LogP contribution in [0.3, 0.4) is 0 Å². The Balaban J connectivity index is 1.40. The second-order valence-electron chi connectivity index (χ2n) is 8.34. The van der Waals surface area contributed by atoms with Gasteiger partial charge in [-0.3, -0.25) is 9.59 Å². The lowest BCUT2D eigenvalue weighted by Crippen LogP contribution is -2.45. The van der Waals surface area contributed by atoms with E-state index in [1.165, 1.54) is 23.5 Å². The van der Waals surface area contributed by atoms with Gasteiger partial charge in [-0.15, -0.1) is 11.3 Å². The zero-order valence-corrected chi connectivity index (χ0v) is 19.0. The van der Waals surface area contributed by atoms with Gasteiger partial charge >= 0.3 is 0 Å². The van der Waals surface area contributed by atoms with Crippen molar-refractivity contribution in [2.75, 3.05) is 6.54 Å². The van der Waals surface area contributed by atoms with E-state index in [-0.39, 0.29) is 30.0 Å². The van der Waals surface area contributed by atoms with Crippen LogP contribution in [0.1, 0.15) is 51.7 Å². The molecule has 0 bridgehead atoms. The highest BCUT2D eigenvalue weighted by molar-refractivity contribution is 7.15. The minimum Gasteiger partial charge on any atom is -0.453 e. The van der Waals surface area contributed by atoms with Crippen LogP contribution in [0.4, 0.5) is 4.39 Å². The van der Waals surface area contributed by atoms with E-state index >= 15 is 0 Å². The lowest BCUT2D eigenvalue weighted by molar-refractivity contribution is 0.0580. The molecule has 1 aliphatic heterocycles. The Morgan fingerprint density at radius 2 is 1.94 bits per heavy atom. The van der Waals surface area contributed by atoms with Gasteiger partial charge < -0.3 is 9.32 Å². The van der Waals surface area contributed by atoms with E-state index in [2.05, 4.69) is 4.98 Å². The number of hydrogen-bond donors (Lipinski definition) is 0. The van der Waals surface area contributed by atoms with Gasteiger partial charge in [0, 0.05) is 24.4 Å². The van der Waals surface area contributed by atoms with Crippen molar-refractivity contribution >= 4 is 34.0 Å². The minimum absolute atomic E-state index is 0.107. The van der Waals surface area contributed by atoms with Gasteiger partial charge in [-0.05, 0) is 56.0 Å². The molecule has 2 aromatic carbocycles. The largest absolute Gasteiger partial charge is 0.453 e. The number of carbonyl (C=O) groups is 2. The fraction of sp³-hybridized carbons (Fsp3) is 0.269. The van der Waals surface area contributed by atoms with Crippen LogP contribution in [0.5, 0.6) is 0 Å². The Kier molecular flexibility index (Phi) is 5.81. The van der Waals surface area contributed by atoms with Gasteiger partial charge in [0.25, 0.3) is 5.91 Å². The van der Waals surface area contributed by atoms with Gasteiger partial charge in [0.1, 0.15) is 17.1 Å². The maximum absolute atomic E-state index is 13.6. The van der Waals surface area contributed by atoms with Crippen molar-refractivity contribution in [2.45, 2.75) is 38.6 Å². The molecule has 0 radical (unpaired) electrons. The molecular weight excluding hydrogens is 439 g/mol. The molecule has 1 aliphatic rings. The molecule has 33 heavy (non-hydrogen) atoms. The number of amides is 1. The first-order valence-electron chi connectivity index (χ1n) is 11.1. The smallest absolute Gasteiger partial charge is 0.274 e. The number of halogens is 1. The van der Waals surface area contributed by atoms with E-state index in [0.717, 1.165) is 40.1 Å². The van der Waals surface area contributed by atoms with Crippen molar-refractivity contribution in [3.8, 4) is 10.4 Å². The molecule has 0 aliphatic carbocycles. The van der Waals surface area contributed by atoms with Crippen LogP contribution in [0.15, 0.2) is 59.0 Å². The Labute approximate surface area is 194 Å². The summed E-state index contributed by atoms with van der Waals surface area (Å²) in [6, 6.07) is 15.2. The molecule has 3 heterocycles. The van der Waals surface area contributed by atoms with Gasteiger partial charge in [0.2, 0.25) is 0 Å². The monoisotopic (exact) mass is 462 g/mol. The maximum atomic E-state index is 13.6. The van der Waals surface area contributed by atoms with Gasteiger partial charge in [-0.2, -0.15) is 0 Å². The van der Waals surface area contributed by atoms with E-state index in [0.29, 0.717) is 23.6 Å². The summed E-state index contributed by atoms with van der Waals surface area (Å²) in [6.45, 7) is 2.43. The molecule has 5 nitrogen and oxygen atoms in total. The molecule has 0 spiro atoms. The Hall–Kier alpha value is -3.32. The summed E-state index contributed by atoms with van der Waals surface area (Å²) in [6.07, 6.45) is 2.81. The summed E-state index contributed by atoms with van der Waals surface area (Å²) < 4.78 is 19.2. The average molecular weight is 463 g/mol. The third kappa shape index (κ3) is 4.33. The number of nitrogens with zero attached hydrogens (tertiary/aromatic N) is 2. The van der Waals surface area contributed by atoms with E-state index in [4.69, 9.17) is 4.42 Å². The maximum Gasteiger partial charge on any atom is 0.274 e. The lowest BCUT2D eigenvalue weighted by atomic mass is 9.96. The molecule has 4 aromatic rings. The second-order valence-corrected chi connectivity index (χ2v) is 9.54. The number of para-hydroxylation sites is 1. The number of fused-ring (bicyclic) bond motifs is 1. The van der Waals surface area contributed by atoms with Crippen LogP contribution in [0.25, 0.3) is 21.4 Å². The number of piperidine rings is 1. The lowest BCUT2D eigenvalue weighted by Gasteiger charge is -2.35. The topological polar surface area (TPSA) is 63.4 Å². The van der Waals surface area contributed by atoms with Gasteiger partial charge in [-0.1, -0.05) is 30.3 Å². The van der Waals surface area contributed by atoms with Crippen LogP contribution in [-0.2, 0) is 0 Å². The van der Waals surface area contributed by atoms with Gasteiger partial charge in [0.15, 0.2) is 11.5 Å². The molecule has 168 valence electrons. The third-order valence-corrected chi connectivity index (χ3v) is 7.07. The molecule has 1 amide bonds. The number of likely N-dealkylation sites (tertiary alicyclic amines) is 1. The number of thiazole rings is 1. The first kappa shape index (κ1) is 21.5. The molecule has 1 unspecified atom stereocenters. The van der Waals surface area contributed by atoms with E-state index in [9.17, 15) is 14.0 Å². The summed E-state index contributed by atoms with van der Waals surface area (Å²) in [7, 11) is 0. The molecule has 7 heteroatoms. The molecule has 0 saturated carbocycles. The predicted octanol–water partition coefficient (Wildman–Crippen LogP) is 6.27. The SMILES string of the molecule is Cc1nc(C(=O)N2CCCCC2CC(=O)c2cc3ccccc3o2)c(-c2ccc(F)cc2)s1. The summed E-state index contributed by atoms with van der Waals surface area (Å²) >= 11 is 1.42. The third-order valence-electron chi connectivity index (χ3n) is 6.05. The number of hydrogen-bond acceptors (Lipinski definition) is 5. The normalized spacial score (nSPS) is 16.3. The highest BCUT2D eigenvalue weighted by Gasteiger charge is 2.33. The fourth-order valence-corrected chi connectivity index (χ4v) is 5.33. The Morgan fingerprint density at radius 3 is 2.73 bits per heavy atom. The molecule has 5 rings (SSSR count). The number of Topliss-reactive ketones (excluding diaryl/α,β-unsaturated/α-hetero) is 1. The number of ketones is 1. The zero-order valence-electron chi connectivity index (χ0n) is 18.2. The molecular formula is C26H23FN2O3S. The van der Waals surface area contributed by atoms with Crippen LogP contribution < -0.4 is 0 Å². The fourth-order valence-electron chi connectivity index (χ4n) is 4.42. The van der Waals surface area contributed by atoms with Crippen molar-refractivity contribution in [3.05, 3.63) is 76.9 Å². The highest BCUT2D eigenvalue weighted by Crippen LogP contribution is 2.33. The number of carbonyl (C=O) groups excluding carboxylic acids is 2. The summed E-state index contributed by atoms with van der Waals surface area (Å²) in [5.41, 5.74) is 1.81. The molecule has 1 atom stereocenters. The first-order chi connectivity index (χ1) is 16.0. The Morgan fingerprint density at radius 1 is 1.15 bits per heavy atom. The quantitative estimate of drug-likeness (QED) is 0.328.